The lowest BCUT2D eigenvalue weighted by Crippen LogP contribution is -1.92. The van der Waals surface area contributed by atoms with Gasteiger partial charge in [-0.05, 0) is 40.9 Å². The molecule has 0 unspecified atom stereocenters. The fourth-order valence-electron chi connectivity index (χ4n) is 1.84. The van der Waals surface area contributed by atoms with Crippen molar-refractivity contribution in [1.29, 1.82) is 0 Å². The van der Waals surface area contributed by atoms with Crippen LogP contribution in [0.5, 0.6) is 11.5 Å². The maximum Gasteiger partial charge on any atom is 0.252 e. The number of carbonyl (C=O) groups excluding carboxylic acids is 1. The molecule has 0 atom stereocenters. The zero-order valence-electron chi connectivity index (χ0n) is 10.6. The van der Waals surface area contributed by atoms with E-state index in [9.17, 15) is 4.79 Å². The van der Waals surface area contributed by atoms with Gasteiger partial charge in [-0.3, -0.25) is 4.79 Å². The summed E-state index contributed by atoms with van der Waals surface area (Å²) in [4.78, 5) is 11.2. The molecule has 0 spiro atoms. The molecule has 2 aromatic rings. The van der Waals surface area contributed by atoms with Crippen molar-refractivity contribution in [1.82, 2.24) is 0 Å². The van der Waals surface area contributed by atoms with Gasteiger partial charge in [0.05, 0.1) is 14.2 Å². The van der Waals surface area contributed by atoms with Gasteiger partial charge in [-0.25, -0.2) is 0 Å². The molecule has 0 fully saturated rings. The summed E-state index contributed by atoms with van der Waals surface area (Å²) < 4.78 is 10.4. The summed E-state index contributed by atoms with van der Waals surface area (Å²) in [7, 11) is 3.17. The highest BCUT2D eigenvalue weighted by molar-refractivity contribution is 6.67. The average molecular weight is 277 g/mol. The predicted octanol–water partition coefficient (Wildman–Crippen LogP) is 3.75. The molecule has 0 radical (unpaired) electrons. The highest BCUT2D eigenvalue weighted by Gasteiger charge is 2.08. The number of halogens is 1. The monoisotopic (exact) mass is 276 g/mol. The molecule has 4 heteroatoms. The zero-order valence-corrected chi connectivity index (χ0v) is 11.4. The van der Waals surface area contributed by atoms with E-state index in [-0.39, 0.29) is 0 Å². The molecular formula is C15H13ClO3. The van der Waals surface area contributed by atoms with E-state index in [1.54, 1.807) is 32.4 Å². The molecular weight excluding hydrogens is 264 g/mol. The summed E-state index contributed by atoms with van der Waals surface area (Å²) in [5, 5.41) is -0.470. The molecule has 0 aromatic heterocycles. The van der Waals surface area contributed by atoms with E-state index in [0.29, 0.717) is 17.1 Å². The standard InChI is InChI=1S/C15H13ClO3/c1-18-13-7-6-11(9-14(13)19-2)10-4-3-5-12(8-10)15(16)17/h3-9H,1-2H3. The first-order chi connectivity index (χ1) is 9.15. The van der Waals surface area contributed by atoms with E-state index >= 15 is 0 Å². The van der Waals surface area contributed by atoms with Crippen LogP contribution in [0.2, 0.25) is 0 Å². The van der Waals surface area contributed by atoms with Crippen molar-refractivity contribution in [2.75, 3.05) is 14.2 Å². The summed E-state index contributed by atoms with van der Waals surface area (Å²) >= 11 is 5.49. The Balaban J connectivity index is 2.47. The van der Waals surface area contributed by atoms with Gasteiger partial charge in [0.2, 0.25) is 0 Å². The molecule has 0 bridgehead atoms. The van der Waals surface area contributed by atoms with Gasteiger partial charge >= 0.3 is 0 Å². The topological polar surface area (TPSA) is 35.5 Å². The number of hydrogen-bond donors (Lipinski definition) is 0. The van der Waals surface area contributed by atoms with Crippen LogP contribution in [-0.4, -0.2) is 19.5 Å². The molecule has 0 saturated heterocycles. The van der Waals surface area contributed by atoms with Gasteiger partial charge in [-0.1, -0.05) is 24.3 Å². The van der Waals surface area contributed by atoms with E-state index in [1.165, 1.54) is 0 Å². The van der Waals surface area contributed by atoms with E-state index in [1.807, 2.05) is 24.3 Å². The lowest BCUT2D eigenvalue weighted by Gasteiger charge is -2.10. The second-order valence-corrected chi connectivity index (χ2v) is 4.27. The van der Waals surface area contributed by atoms with Crippen LogP contribution in [0.25, 0.3) is 11.1 Å². The lowest BCUT2D eigenvalue weighted by molar-refractivity contribution is 0.108. The molecule has 98 valence electrons. The molecule has 0 amide bonds. The number of benzene rings is 2. The van der Waals surface area contributed by atoms with Gasteiger partial charge in [-0.15, -0.1) is 0 Å². The van der Waals surface area contributed by atoms with Crippen molar-refractivity contribution in [3.63, 3.8) is 0 Å². The van der Waals surface area contributed by atoms with E-state index in [4.69, 9.17) is 21.1 Å². The quantitative estimate of drug-likeness (QED) is 0.798. The minimum atomic E-state index is -0.470. The predicted molar refractivity (Wildman–Crippen MR) is 75.2 cm³/mol. The molecule has 0 aliphatic heterocycles. The van der Waals surface area contributed by atoms with Gasteiger partial charge < -0.3 is 9.47 Å². The first-order valence-electron chi connectivity index (χ1n) is 5.68. The van der Waals surface area contributed by atoms with Crippen LogP contribution in [0.15, 0.2) is 42.5 Å². The summed E-state index contributed by atoms with van der Waals surface area (Å²) in [5.74, 6) is 1.30. The summed E-state index contributed by atoms with van der Waals surface area (Å²) in [5.41, 5.74) is 2.29. The molecule has 2 rings (SSSR count). The Kier molecular flexibility index (Phi) is 4.07. The smallest absolute Gasteiger partial charge is 0.252 e. The van der Waals surface area contributed by atoms with E-state index < -0.39 is 5.24 Å². The van der Waals surface area contributed by atoms with E-state index in [0.717, 1.165) is 11.1 Å². The SMILES string of the molecule is COc1ccc(-c2cccc(C(=O)Cl)c2)cc1OC. The fourth-order valence-corrected chi connectivity index (χ4v) is 1.95. The minimum absolute atomic E-state index is 0.467. The van der Waals surface area contributed by atoms with Crippen LogP contribution >= 0.6 is 11.6 Å². The Bertz CT molecular complexity index is 608. The van der Waals surface area contributed by atoms with Crippen LogP contribution in [0.1, 0.15) is 10.4 Å². The van der Waals surface area contributed by atoms with Crippen LogP contribution in [0.4, 0.5) is 0 Å². The van der Waals surface area contributed by atoms with Crippen molar-refractivity contribution in [2.24, 2.45) is 0 Å². The Morgan fingerprint density at radius 1 is 0.947 bits per heavy atom. The maximum atomic E-state index is 11.2. The highest BCUT2D eigenvalue weighted by atomic mass is 35.5. The van der Waals surface area contributed by atoms with Crippen LogP contribution in [0.3, 0.4) is 0 Å². The van der Waals surface area contributed by atoms with Crippen molar-refractivity contribution in [3.05, 3.63) is 48.0 Å². The molecule has 3 nitrogen and oxygen atoms in total. The Morgan fingerprint density at radius 2 is 1.63 bits per heavy atom. The van der Waals surface area contributed by atoms with Crippen molar-refractivity contribution < 1.29 is 14.3 Å². The summed E-state index contributed by atoms with van der Waals surface area (Å²) in [6.07, 6.45) is 0. The molecule has 0 aliphatic carbocycles. The van der Waals surface area contributed by atoms with Crippen molar-refractivity contribution in [3.8, 4) is 22.6 Å². The van der Waals surface area contributed by atoms with Gasteiger partial charge in [-0.2, -0.15) is 0 Å². The molecule has 0 N–H and O–H groups in total. The van der Waals surface area contributed by atoms with Crippen LogP contribution in [0, 0.1) is 0 Å². The maximum absolute atomic E-state index is 11.2. The molecule has 0 saturated carbocycles. The normalized spacial score (nSPS) is 10.1. The van der Waals surface area contributed by atoms with E-state index in [2.05, 4.69) is 0 Å². The number of hydrogen-bond acceptors (Lipinski definition) is 3. The third kappa shape index (κ3) is 2.88. The minimum Gasteiger partial charge on any atom is -0.493 e. The summed E-state index contributed by atoms with van der Waals surface area (Å²) in [6, 6.07) is 12.7. The Morgan fingerprint density at radius 3 is 2.26 bits per heavy atom. The fraction of sp³-hybridized carbons (Fsp3) is 0.133. The average Bonchev–Trinajstić information content (AvgIpc) is 2.46. The molecule has 2 aromatic carbocycles. The van der Waals surface area contributed by atoms with Gasteiger partial charge in [0, 0.05) is 5.56 Å². The number of ether oxygens (including phenoxy) is 2. The summed E-state index contributed by atoms with van der Waals surface area (Å²) in [6.45, 7) is 0. The number of rotatable bonds is 4. The van der Waals surface area contributed by atoms with Crippen LogP contribution in [-0.2, 0) is 0 Å². The van der Waals surface area contributed by atoms with Crippen LogP contribution < -0.4 is 9.47 Å². The van der Waals surface area contributed by atoms with Gasteiger partial charge in [0.25, 0.3) is 5.24 Å². The molecule has 0 aliphatic rings. The number of methoxy groups -OCH3 is 2. The molecule has 19 heavy (non-hydrogen) atoms. The van der Waals surface area contributed by atoms with Crippen molar-refractivity contribution in [2.45, 2.75) is 0 Å². The Hall–Kier alpha value is -2.00. The highest BCUT2D eigenvalue weighted by Crippen LogP contribution is 2.32. The third-order valence-corrected chi connectivity index (χ3v) is 3.02. The largest absolute Gasteiger partial charge is 0.493 e. The third-order valence-electron chi connectivity index (χ3n) is 2.81. The van der Waals surface area contributed by atoms with Gasteiger partial charge in [0.1, 0.15) is 0 Å². The lowest BCUT2D eigenvalue weighted by atomic mass is 10.0. The zero-order chi connectivity index (χ0) is 13.8. The van der Waals surface area contributed by atoms with Crippen molar-refractivity contribution >= 4 is 16.8 Å². The Labute approximate surface area is 116 Å². The molecule has 0 heterocycles. The van der Waals surface area contributed by atoms with Gasteiger partial charge in [0.15, 0.2) is 11.5 Å². The first-order valence-corrected chi connectivity index (χ1v) is 6.06. The number of carbonyl (C=O) groups is 1. The second kappa shape index (κ2) is 5.76. The second-order valence-electron chi connectivity index (χ2n) is 3.92. The first kappa shape index (κ1) is 13.4.